The molecule has 0 spiro atoms. The van der Waals surface area contributed by atoms with Gasteiger partial charge in [-0.3, -0.25) is 19.3 Å². The van der Waals surface area contributed by atoms with Crippen molar-refractivity contribution in [1.82, 2.24) is 10.2 Å². The molecular weight excluding hydrogens is 304 g/mol. The van der Waals surface area contributed by atoms with Gasteiger partial charge in [0, 0.05) is 19.0 Å². The summed E-state index contributed by atoms with van der Waals surface area (Å²) in [6.45, 7) is 4.45. The molecule has 1 aliphatic rings. The Kier molecular flexibility index (Phi) is 6.53. The van der Waals surface area contributed by atoms with Crippen LogP contribution in [0.5, 0.6) is 0 Å². The van der Waals surface area contributed by atoms with E-state index in [9.17, 15) is 14.4 Å². The predicted octanol–water partition coefficient (Wildman–Crippen LogP) is 3.15. The van der Waals surface area contributed by atoms with Crippen LogP contribution in [-0.4, -0.2) is 35.2 Å². The summed E-state index contributed by atoms with van der Waals surface area (Å²) in [6.07, 6.45) is 5.26. The number of rotatable bonds is 9. The highest BCUT2D eigenvalue weighted by Crippen LogP contribution is 2.22. The monoisotopic (exact) mass is 330 g/mol. The molecule has 5 heteroatoms. The lowest BCUT2D eigenvalue weighted by Gasteiger charge is -2.15. The van der Waals surface area contributed by atoms with Crippen molar-refractivity contribution in [2.24, 2.45) is 0 Å². The summed E-state index contributed by atoms with van der Waals surface area (Å²) >= 11 is 0. The van der Waals surface area contributed by atoms with Gasteiger partial charge in [-0.2, -0.15) is 0 Å². The topological polar surface area (TPSA) is 66.5 Å². The smallest absolute Gasteiger partial charge is 0.261 e. The number of carbonyl (C=O) groups excluding carboxylic acids is 3. The Hall–Kier alpha value is -2.17. The van der Waals surface area contributed by atoms with E-state index < -0.39 is 0 Å². The van der Waals surface area contributed by atoms with E-state index in [1.807, 2.05) is 6.92 Å². The van der Waals surface area contributed by atoms with E-state index in [0.717, 1.165) is 12.8 Å². The molecule has 0 aliphatic carbocycles. The summed E-state index contributed by atoms with van der Waals surface area (Å²) < 4.78 is 0. The van der Waals surface area contributed by atoms with Crippen molar-refractivity contribution in [3.05, 3.63) is 35.4 Å². The van der Waals surface area contributed by atoms with Gasteiger partial charge >= 0.3 is 0 Å². The van der Waals surface area contributed by atoms with Gasteiger partial charge < -0.3 is 5.32 Å². The lowest BCUT2D eigenvalue weighted by Crippen LogP contribution is -2.34. The first-order valence-corrected chi connectivity index (χ1v) is 8.79. The maximum atomic E-state index is 12.2. The van der Waals surface area contributed by atoms with Gasteiger partial charge in [0.2, 0.25) is 5.91 Å². The molecule has 1 aromatic rings. The van der Waals surface area contributed by atoms with Crippen LogP contribution in [0.2, 0.25) is 0 Å². The van der Waals surface area contributed by atoms with Gasteiger partial charge in [-0.1, -0.05) is 38.3 Å². The highest BCUT2D eigenvalue weighted by Gasteiger charge is 2.34. The molecule has 1 atom stereocenters. The number of imide groups is 1. The minimum atomic E-state index is -0.260. The largest absolute Gasteiger partial charge is 0.354 e. The van der Waals surface area contributed by atoms with Crippen molar-refractivity contribution in [2.45, 2.75) is 58.4 Å². The zero-order valence-electron chi connectivity index (χ0n) is 14.5. The lowest BCUT2D eigenvalue weighted by molar-refractivity contribution is -0.121. The maximum Gasteiger partial charge on any atom is 0.261 e. The molecule has 0 aromatic heterocycles. The number of nitrogens with one attached hydrogen (secondary N) is 1. The van der Waals surface area contributed by atoms with E-state index in [1.165, 1.54) is 17.7 Å². The minimum absolute atomic E-state index is 0.0180. The second-order valence-corrected chi connectivity index (χ2v) is 6.38. The van der Waals surface area contributed by atoms with Crippen molar-refractivity contribution in [3.8, 4) is 0 Å². The Labute approximate surface area is 143 Å². The van der Waals surface area contributed by atoms with Crippen molar-refractivity contribution < 1.29 is 14.4 Å². The van der Waals surface area contributed by atoms with E-state index in [0.29, 0.717) is 24.0 Å². The van der Waals surface area contributed by atoms with Crippen molar-refractivity contribution >= 4 is 17.7 Å². The number of nitrogens with zero attached hydrogens (tertiary/aromatic N) is 1. The summed E-state index contributed by atoms with van der Waals surface area (Å²) in [5.41, 5.74) is 0.910. The number of hydrogen-bond acceptors (Lipinski definition) is 3. The van der Waals surface area contributed by atoms with Gasteiger partial charge in [0.05, 0.1) is 11.1 Å². The van der Waals surface area contributed by atoms with Crippen molar-refractivity contribution in [2.75, 3.05) is 6.54 Å². The zero-order chi connectivity index (χ0) is 17.5. The van der Waals surface area contributed by atoms with Gasteiger partial charge in [-0.05, 0) is 31.9 Å². The van der Waals surface area contributed by atoms with Crippen LogP contribution in [-0.2, 0) is 4.79 Å². The fourth-order valence-corrected chi connectivity index (χ4v) is 2.96. The van der Waals surface area contributed by atoms with Crippen LogP contribution < -0.4 is 5.32 Å². The molecular formula is C19H26N2O3. The summed E-state index contributed by atoms with van der Waals surface area (Å²) in [5.74, 6) is -0.538. The fraction of sp³-hybridized carbons (Fsp3) is 0.526. The van der Waals surface area contributed by atoms with Gasteiger partial charge in [0.25, 0.3) is 11.8 Å². The molecule has 0 fully saturated rings. The number of carbonyl (C=O) groups is 3. The molecule has 0 radical (unpaired) electrons. The quantitative estimate of drug-likeness (QED) is 0.559. The first-order valence-electron chi connectivity index (χ1n) is 8.79. The van der Waals surface area contributed by atoms with Gasteiger partial charge in [0.15, 0.2) is 0 Å². The summed E-state index contributed by atoms with van der Waals surface area (Å²) in [6, 6.07) is 7.01. The van der Waals surface area contributed by atoms with Crippen molar-refractivity contribution in [3.63, 3.8) is 0 Å². The van der Waals surface area contributed by atoms with Gasteiger partial charge in [0.1, 0.15) is 0 Å². The van der Waals surface area contributed by atoms with Crippen LogP contribution in [0.15, 0.2) is 24.3 Å². The molecule has 0 bridgehead atoms. The third-order valence-corrected chi connectivity index (χ3v) is 4.31. The predicted molar refractivity (Wildman–Crippen MR) is 92.8 cm³/mol. The molecule has 24 heavy (non-hydrogen) atoms. The van der Waals surface area contributed by atoms with E-state index in [2.05, 4.69) is 12.2 Å². The molecule has 2 rings (SSSR count). The lowest BCUT2D eigenvalue weighted by atomic mass is 10.1. The second-order valence-electron chi connectivity index (χ2n) is 6.38. The van der Waals surface area contributed by atoms with Gasteiger partial charge in [-0.15, -0.1) is 0 Å². The van der Waals surface area contributed by atoms with Crippen molar-refractivity contribution in [1.29, 1.82) is 0 Å². The summed E-state index contributed by atoms with van der Waals surface area (Å²) in [5, 5.41) is 2.98. The number of benzene rings is 1. The number of amides is 3. The first kappa shape index (κ1) is 18.2. The Morgan fingerprint density at radius 1 is 1.08 bits per heavy atom. The molecule has 1 heterocycles. The number of hydrogen-bond donors (Lipinski definition) is 1. The molecule has 3 amide bonds. The third-order valence-electron chi connectivity index (χ3n) is 4.31. The number of unbranched alkanes of at least 4 members (excludes halogenated alkanes) is 2. The molecule has 1 aromatic carbocycles. The normalized spacial score (nSPS) is 14.7. The Morgan fingerprint density at radius 2 is 1.71 bits per heavy atom. The van der Waals surface area contributed by atoms with Crippen LogP contribution in [0.3, 0.4) is 0 Å². The average molecular weight is 330 g/mol. The third kappa shape index (κ3) is 4.43. The summed E-state index contributed by atoms with van der Waals surface area (Å²) in [7, 11) is 0. The zero-order valence-corrected chi connectivity index (χ0v) is 14.5. The van der Waals surface area contributed by atoms with E-state index >= 15 is 0 Å². The second kappa shape index (κ2) is 8.62. The van der Waals surface area contributed by atoms with Gasteiger partial charge in [-0.25, -0.2) is 0 Å². The SMILES string of the molecule is CCCCC[C@@H](C)NC(=O)CCCN1C(=O)c2ccccc2C1=O. The molecule has 5 nitrogen and oxygen atoms in total. The molecule has 0 unspecified atom stereocenters. The molecule has 130 valence electrons. The Bertz CT molecular complexity index is 577. The van der Waals surface area contributed by atoms with Crippen LogP contribution in [0.4, 0.5) is 0 Å². The maximum absolute atomic E-state index is 12.2. The van der Waals surface area contributed by atoms with Crippen LogP contribution in [0.1, 0.15) is 73.1 Å². The Balaban J connectivity index is 1.74. The Morgan fingerprint density at radius 3 is 2.29 bits per heavy atom. The molecule has 1 N–H and O–H groups in total. The number of fused-ring (bicyclic) bond motifs is 1. The van der Waals surface area contributed by atoms with E-state index in [1.54, 1.807) is 24.3 Å². The van der Waals surface area contributed by atoms with E-state index in [4.69, 9.17) is 0 Å². The first-order chi connectivity index (χ1) is 11.5. The standard InChI is InChI=1S/C19H26N2O3/c1-3-4-5-9-14(2)20-17(22)12-8-13-21-18(23)15-10-6-7-11-16(15)19(21)24/h6-7,10-11,14H,3-5,8-9,12-13H2,1-2H3,(H,20,22)/t14-/m1/s1. The highest BCUT2D eigenvalue weighted by atomic mass is 16.2. The minimum Gasteiger partial charge on any atom is -0.354 e. The molecule has 0 saturated carbocycles. The van der Waals surface area contributed by atoms with Crippen LogP contribution >= 0.6 is 0 Å². The summed E-state index contributed by atoms with van der Waals surface area (Å²) in [4.78, 5) is 37.6. The van der Waals surface area contributed by atoms with Crippen LogP contribution in [0.25, 0.3) is 0 Å². The molecule has 0 saturated heterocycles. The average Bonchev–Trinajstić information content (AvgIpc) is 2.80. The van der Waals surface area contributed by atoms with E-state index in [-0.39, 0.29) is 30.3 Å². The fourth-order valence-electron chi connectivity index (χ4n) is 2.96. The molecule has 1 aliphatic heterocycles. The highest BCUT2D eigenvalue weighted by molar-refractivity contribution is 6.21. The van der Waals surface area contributed by atoms with Crippen LogP contribution in [0, 0.1) is 0 Å².